The number of hydrogen-bond donors (Lipinski definition) is 1. The van der Waals surface area contributed by atoms with Crippen LogP contribution in [0.15, 0.2) is 40.8 Å². The standard InChI is InChI=1S/C19H18Cl2IN3O3/c1-12-17(20)18(21)25(24-12)10-2-9-23-19(26)16-8-7-15(28-16)11-27-14-5-3-13(22)4-6-14/h3-8H,2,9-11H2,1H3,(H,23,26). The van der Waals surface area contributed by atoms with E-state index in [1.54, 1.807) is 23.7 Å². The maximum atomic E-state index is 12.2. The molecular weight excluding hydrogens is 516 g/mol. The van der Waals surface area contributed by atoms with Crippen molar-refractivity contribution in [3.8, 4) is 5.75 Å². The molecule has 0 bridgehead atoms. The van der Waals surface area contributed by atoms with Crippen molar-refractivity contribution in [1.29, 1.82) is 0 Å². The van der Waals surface area contributed by atoms with E-state index in [1.165, 1.54) is 0 Å². The third-order valence-electron chi connectivity index (χ3n) is 3.91. The van der Waals surface area contributed by atoms with Crippen molar-refractivity contribution in [3.63, 3.8) is 0 Å². The predicted molar refractivity (Wildman–Crippen MR) is 116 cm³/mol. The lowest BCUT2D eigenvalue weighted by Crippen LogP contribution is -2.25. The second-order valence-electron chi connectivity index (χ2n) is 6.03. The molecule has 0 saturated carbocycles. The lowest BCUT2D eigenvalue weighted by atomic mass is 10.3. The molecule has 0 atom stereocenters. The zero-order chi connectivity index (χ0) is 20.1. The monoisotopic (exact) mass is 533 g/mol. The van der Waals surface area contributed by atoms with Crippen LogP contribution in [0, 0.1) is 10.5 Å². The number of ether oxygens (including phenoxy) is 1. The molecule has 1 N–H and O–H groups in total. The van der Waals surface area contributed by atoms with Crippen LogP contribution < -0.4 is 10.1 Å². The van der Waals surface area contributed by atoms with Gasteiger partial charge in [0.15, 0.2) is 5.76 Å². The highest BCUT2D eigenvalue weighted by atomic mass is 127. The fourth-order valence-electron chi connectivity index (χ4n) is 2.46. The maximum absolute atomic E-state index is 12.2. The van der Waals surface area contributed by atoms with Gasteiger partial charge in [0.05, 0.1) is 5.69 Å². The van der Waals surface area contributed by atoms with Gasteiger partial charge in [-0.05, 0) is 72.3 Å². The summed E-state index contributed by atoms with van der Waals surface area (Å²) in [6, 6.07) is 11.1. The van der Waals surface area contributed by atoms with Gasteiger partial charge in [0, 0.05) is 16.7 Å². The number of carbonyl (C=O) groups is 1. The first-order valence-electron chi connectivity index (χ1n) is 8.57. The fourth-order valence-corrected chi connectivity index (χ4v) is 3.21. The van der Waals surface area contributed by atoms with Crippen LogP contribution in [0.3, 0.4) is 0 Å². The van der Waals surface area contributed by atoms with Gasteiger partial charge in [-0.2, -0.15) is 5.10 Å². The molecule has 3 aromatic rings. The smallest absolute Gasteiger partial charge is 0.286 e. The number of aromatic nitrogens is 2. The molecule has 2 aromatic heterocycles. The van der Waals surface area contributed by atoms with E-state index < -0.39 is 0 Å². The number of nitrogens with zero attached hydrogens (tertiary/aromatic N) is 2. The zero-order valence-electron chi connectivity index (χ0n) is 15.0. The largest absolute Gasteiger partial charge is 0.486 e. The Morgan fingerprint density at radius 2 is 2.00 bits per heavy atom. The summed E-state index contributed by atoms with van der Waals surface area (Å²) >= 11 is 14.3. The number of carbonyl (C=O) groups excluding carboxylic acids is 1. The fraction of sp³-hybridized carbons (Fsp3) is 0.263. The Bertz CT molecular complexity index is 954. The molecule has 28 heavy (non-hydrogen) atoms. The van der Waals surface area contributed by atoms with E-state index >= 15 is 0 Å². The van der Waals surface area contributed by atoms with Crippen LogP contribution in [0.2, 0.25) is 10.2 Å². The highest BCUT2D eigenvalue weighted by Gasteiger charge is 2.13. The molecule has 0 aliphatic carbocycles. The third-order valence-corrected chi connectivity index (χ3v) is 5.56. The average Bonchev–Trinajstić information content (AvgIpc) is 3.26. The van der Waals surface area contributed by atoms with Crippen LogP contribution in [0.25, 0.3) is 0 Å². The number of aryl methyl sites for hydroxylation is 2. The Labute approximate surface area is 186 Å². The lowest BCUT2D eigenvalue weighted by molar-refractivity contribution is 0.0921. The molecule has 1 amide bonds. The Morgan fingerprint density at radius 3 is 2.68 bits per heavy atom. The average molecular weight is 534 g/mol. The zero-order valence-corrected chi connectivity index (χ0v) is 18.7. The molecule has 0 spiro atoms. The number of rotatable bonds is 8. The third kappa shape index (κ3) is 5.42. The minimum Gasteiger partial charge on any atom is -0.486 e. The predicted octanol–water partition coefficient (Wildman–Crippen LogP) is 5.10. The van der Waals surface area contributed by atoms with Crippen LogP contribution in [-0.2, 0) is 13.2 Å². The summed E-state index contributed by atoms with van der Waals surface area (Å²) in [5, 5.41) is 7.93. The van der Waals surface area contributed by atoms with Gasteiger partial charge in [0.1, 0.15) is 28.3 Å². The van der Waals surface area contributed by atoms with E-state index in [0.29, 0.717) is 41.1 Å². The topological polar surface area (TPSA) is 69.3 Å². The minimum absolute atomic E-state index is 0.247. The molecule has 3 rings (SSSR count). The van der Waals surface area contributed by atoms with Crippen molar-refractivity contribution >= 4 is 51.7 Å². The van der Waals surface area contributed by atoms with Gasteiger partial charge in [-0.3, -0.25) is 9.48 Å². The molecule has 9 heteroatoms. The molecule has 0 fully saturated rings. The second kappa shape index (κ2) is 9.67. The van der Waals surface area contributed by atoms with E-state index in [2.05, 4.69) is 33.0 Å². The van der Waals surface area contributed by atoms with Crippen molar-refractivity contribution in [2.24, 2.45) is 0 Å². The summed E-state index contributed by atoms with van der Waals surface area (Å²) in [6.45, 7) is 3.07. The van der Waals surface area contributed by atoms with Crippen molar-refractivity contribution < 1.29 is 13.9 Å². The van der Waals surface area contributed by atoms with Crippen LogP contribution in [0.5, 0.6) is 5.75 Å². The first-order chi connectivity index (χ1) is 13.4. The molecule has 0 saturated heterocycles. The quantitative estimate of drug-likeness (QED) is 0.323. The summed E-state index contributed by atoms with van der Waals surface area (Å²) in [6.07, 6.45) is 0.659. The Morgan fingerprint density at radius 1 is 1.25 bits per heavy atom. The molecule has 0 unspecified atom stereocenters. The molecule has 148 valence electrons. The number of furan rings is 1. The van der Waals surface area contributed by atoms with Gasteiger partial charge >= 0.3 is 0 Å². The number of halogens is 3. The first-order valence-corrected chi connectivity index (χ1v) is 10.4. The molecular formula is C19H18Cl2IN3O3. The Balaban J connectivity index is 1.43. The molecule has 1 aromatic carbocycles. The van der Waals surface area contributed by atoms with E-state index in [-0.39, 0.29) is 18.3 Å². The second-order valence-corrected chi connectivity index (χ2v) is 8.01. The normalized spacial score (nSPS) is 10.9. The number of nitrogens with one attached hydrogen (secondary N) is 1. The van der Waals surface area contributed by atoms with Crippen LogP contribution >= 0.6 is 45.8 Å². The maximum Gasteiger partial charge on any atom is 0.286 e. The van der Waals surface area contributed by atoms with Crippen LogP contribution in [0.4, 0.5) is 0 Å². The summed E-state index contributed by atoms with van der Waals surface area (Å²) in [5.41, 5.74) is 0.686. The van der Waals surface area contributed by atoms with Gasteiger partial charge in [0.2, 0.25) is 0 Å². The summed E-state index contributed by atoms with van der Waals surface area (Å²) < 4.78 is 14.0. The Kier molecular flexibility index (Phi) is 7.25. The van der Waals surface area contributed by atoms with E-state index in [1.807, 2.05) is 24.3 Å². The van der Waals surface area contributed by atoms with Gasteiger partial charge in [-0.1, -0.05) is 23.2 Å². The highest BCUT2D eigenvalue weighted by molar-refractivity contribution is 14.1. The molecule has 2 heterocycles. The SMILES string of the molecule is Cc1nn(CCCNC(=O)c2ccc(COc3ccc(I)cc3)o2)c(Cl)c1Cl. The Hall–Kier alpha value is -1.71. The molecule has 0 aliphatic rings. The molecule has 6 nitrogen and oxygen atoms in total. The van der Waals surface area contributed by atoms with Crippen molar-refractivity contribution in [3.05, 3.63) is 67.4 Å². The van der Waals surface area contributed by atoms with Crippen LogP contribution in [0.1, 0.15) is 28.4 Å². The first kappa shape index (κ1) is 21.0. The van der Waals surface area contributed by atoms with E-state index in [9.17, 15) is 4.79 Å². The number of benzene rings is 1. The highest BCUT2D eigenvalue weighted by Crippen LogP contribution is 2.24. The minimum atomic E-state index is -0.277. The summed E-state index contributed by atoms with van der Waals surface area (Å²) in [5.74, 6) is 1.30. The number of amides is 1. The van der Waals surface area contributed by atoms with Crippen LogP contribution in [-0.4, -0.2) is 22.2 Å². The molecule has 0 radical (unpaired) electrons. The molecule has 0 aliphatic heterocycles. The van der Waals surface area contributed by atoms with Gasteiger partial charge < -0.3 is 14.5 Å². The van der Waals surface area contributed by atoms with E-state index in [4.69, 9.17) is 32.4 Å². The van der Waals surface area contributed by atoms with Crippen molar-refractivity contribution in [2.45, 2.75) is 26.5 Å². The van der Waals surface area contributed by atoms with Crippen molar-refractivity contribution in [2.75, 3.05) is 6.54 Å². The van der Waals surface area contributed by atoms with E-state index in [0.717, 1.165) is 9.32 Å². The van der Waals surface area contributed by atoms with Gasteiger partial charge in [-0.25, -0.2) is 0 Å². The van der Waals surface area contributed by atoms with Crippen molar-refractivity contribution in [1.82, 2.24) is 15.1 Å². The van der Waals surface area contributed by atoms with Gasteiger partial charge in [-0.15, -0.1) is 0 Å². The lowest BCUT2D eigenvalue weighted by Gasteiger charge is -2.05. The number of hydrogen-bond acceptors (Lipinski definition) is 4. The summed E-state index contributed by atoms with van der Waals surface area (Å²) in [4.78, 5) is 12.2. The summed E-state index contributed by atoms with van der Waals surface area (Å²) in [7, 11) is 0. The van der Waals surface area contributed by atoms with Gasteiger partial charge in [0.25, 0.3) is 5.91 Å².